The summed E-state index contributed by atoms with van der Waals surface area (Å²) in [4.78, 5) is 9.08. The monoisotopic (exact) mass is 255 g/mol. The number of aromatic nitrogens is 2. The van der Waals surface area contributed by atoms with Crippen LogP contribution in [-0.4, -0.2) is 16.0 Å². The fourth-order valence-electron chi connectivity index (χ4n) is 2.90. The smallest absolute Gasteiger partial charge is 0.137 e. The molecule has 0 bridgehead atoms. The van der Waals surface area contributed by atoms with Gasteiger partial charge in [0.05, 0.1) is 5.52 Å². The second-order valence-corrected chi connectivity index (χ2v) is 5.74. The van der Waals surface area contributed by atoms with Crippen LogP contribution in [-0.2, 0) is 0 Å². The van der Waals surface area contributed by atoms with Crippen LogP contribution in [0.25, 0.3) is 10.9 Å². The Morgan fingerprint density at radius 2 is 1.79 bits per heavy atom. The molecule has 0 radical (unpaired) electrons. The Morgan fingerprint density at radius 3 is 2.58 bits per heavy atom. The highest BCUT2D eigenvalue weighted by atomic mass is 15.0. The summed E-state index contributed by atoms with van der Waals surface area (Å²) in [6, 6.07) is 8.80. The van der Waals surface area contributed by atoms with Gasteiger partial charge >= 0.3 is 0 Å². The largest absolute Gasteiger partial charge is 0.367 e. The van der Waals surface area contributed by atoms with Crippen LogP contribution in [0.5, 0.6) is 0 Å². The van der Waals surface area contributed by atoms with Gasteiger partial charge in [-0.3, -0.25) is 0 Å². The third kappa shape index (κ3) is 2.70. The molecule has 3 rings (SSSR count). The maximum absolute atomic E-state index is 4.59. The van der Waals surface area contributed by atoms with Gasteiger partial charge < -0.3 is 5.32 Å². The summed E-state index contributed by atoms with van der Waals surface area (Å²) in [6.07, 6.45) is 5.14. The summed E-state index contributed by atoms with van der Waals surface area (Å²) in [5.74, 6) is 2.72. The highest BCUT2D eigenvalue weighted by molar-refractivity contribution is 5.89. The van der Waals surface area contributed by atoms with Crippen molar-refractivity contribution in [1.82, 2.24) is 9.97 Å². The Balaban J connectivity index is 1.88. The van der Waals surface area contributed by atoms with Crippen molar-refractivity contribution in [3.8, 4) is 0 Å². The molecule has 1 aromatic carbocycles. The summed E-state index contributed by atoms with van der Waals surface area (Å²) in [7, 11) is 0. The highest BCUT2D eigenvalue weighted by Crippen LogP contribution is 2.27. The number of para-hydroxylation sites is 1. The summed E-state index contributed by atoms with van der Waals surface area (Å²) < 4.78 is 0. The zero-order chi connectivity index (χ0) is 13.2. The van der Waals surface area contributed by atoms with E-state index in [1.54, 1.807) is 0 Å². The van der Waals surface area contributed by atoms with Crippen LogP contribution in [0.15, 0.2) is 24.3 Å². The molecule has 100 valence electrons. The number of hydrogen-bond acceptors (Lipinski definition) is 3. The van der Waals surface area contributed by atoms with Gasteiger partial charge in [0.15, 0.2) is 0 Å². The molecule has 0 saturated heterocycles. The maximum atomic E-state index is 4.59. The lowest BCUT2D eigenvalue weighted by atomic mass is 9.87. The first-order valence-electron chi connectivity index (χ1n) is 7.22. The fourth-order valence-corrected chi connectivity index (χ4v) is 2.90. The van der Waals surface area contributed by atoms with Crippen molar-refractivity contribution in [3.05, 3.63) is 30.1 Å². The summed E-state index contributed by atoms with van der Waals surface area (Å²) >= 11 is 0. The average Bonchev–Trinajstić information content (AvgIpc) is 2.41. The van der Waals surface area contributed by atoms with Crippen LogP contribution in [0.1, 0.15) is 38.4 Å². The predicted octanol–water partition coefficient (Wildman–Crippen LogP) is 3.93. The minimum Gasteiger partial charge on any atom is -0.367 e. The van der Waals surface area contributed by atoms with Gasteiger partial charge in [-0.05, 0) is 50.7 Å². The van der Waals surface area contributed by atoms with E-state index in [0.29, 0.717) is 6.04 Å². The second kappa shape index (κ2) is 5.16. The second-order valence-electron chi connectivity index (χ2n) is 5.74. The van der Waals surface area contributed by atoms with Crippen molar-refractivity contribution in [2.24, 2.45) is 5.92 Å². The standard InChI is InChI=1S/C16H21N3/c1-11-7-9-13(10-8-11)19-16-14-5-3-4-6-15(14)17-12(2)18-16/h3-6,11,13H,7-10H2,1-2H3,(H,17,18,19)/t11-,13+. The van der Waals surface area contributed by atoms with Gasteiger partial charge in [-0.1, -0.05) is 19.1 Å². The number of nitrogens with one attached hydrogen (secondary N) is 1. The molecule has 0 spiro atoms. The molecule has 0 unspecified atom stereocenters. The first-order chi connectivity index (χ1) is 9.22. The van der Waals surface area contributed by atoms with E-state index in [4.69, 9.17) is 0 Å². The van der Waals surface area contributed by atoms with E-state index in [1.165, 1.54) is 25.7 Å². The number of benzene rings is 1. The van der Waals surface area contributed by atoms with Crippen molar-refractivity contribution < 1.29 is 0 Å². The molecule has 1 aliphatic rings. The van der Waals surface area contributed by atoms with E-state index in [0.717, 1.165) is 28.5 Å². The van der Waals surface area contributed by atoms with Crippen molar-refractivity contribution in [1.29, 1.82) is 0 Å². The zero-order valence-corrected chi connectivity index (χ0v) is 11.7. The third-order valence-corrected chi connectivity index (χ3v) is 4.07. The molecule has 1 aromatic heterocycles. The fraction of sp³-hybridized carbons (Fsp3) is 0.500. The lowest BCUT2D eigenvalue weighted by Crippen LogP contribution is -2.25. The Bertz CT molecular complexity index is 571. The van der Waals surface area contributed by atoms with Crippen LogP contribution in [0.2, 0.25) is 0 Å². The lowest BCUT2D eigenvalue weighted by Gasteiger charge is -2.27. The average molecular weight is 255 g/mol. The van der Waals surface area contributed by atoms with Gasteiger partial charge in [0, 0.05) is 11.4 Å². The molecule has 19 heavy (non-hydrogen) atoms. The van der Waals surface area contributed by atoms with Crippen LogP contribution in [0.4, 0.5) is 5.82 Å². The van der Waals surface area contributed by atoms with E-state index in [-0.39, 0.29) is 0 Å². The molecule has 0 atom stereocenters. The molecule has 1 heterocycles. The molecule has 3 nitrogen and oxygen atoms in total. The summed E-state index contributed by atoms with van der Waals surface area (Å²) in [5.41, 5.74) is 1.03. The van der Waals surface area contributed by atoms with Gasteiger partial charge in [-0.15, -0.1) is 0 Å². The SMILES string of the molecule is Cc1nc(N[C@H]2CC[C@@H](C)CC2)c2ccccc2n1. The van der Waals surface area contributed by atoms with Crippen LogP contribution >= 0.6 is 0 Å². The quantitative estimate of drug-likeness (QED) is 0.883. The van der Waals surface area contributed by atoms with E-state index >= 15 is 0 Å². The topological polar surface area (TPSA) is 37.8 Å². The molecular weight excluding hydrogens is 234 g/mol. The number of hydrogen-bond donors (Lipinski definition) is 1. The van der Waals surface area contributed by atoms with E-state index in [9.17, 15) is 0 Å². The predicted molar refractivity (Wildman–Crippen MR) is 79.3 cm³/mol. The summed E-state index contributed by atoms with van der Waals surface area (Å²) in [5, 5.41) is 4.77. The van der Waals surface area contributed by atoms with Crippen molar-refractivity contribution >= 4 is 16.7 Å². The normalized spacial score (nSPS) is 23.5. The molecule has 1 fully saturated rings. The number of aryl methyl sites for hydroxylation is 1. The Labute approximate surface area is 114 Å². The minimum atomic E-state index is 0.564. The first-order valence-corrected chi connectivity index (χ1v) is 7.22. The van der Waals surface area contributed by atoms with Crippen molar-refractivity contribution in [2.75, 3.05) is 5.32 Å². The Kier molecular flexibility index (Phi) is 3.36. The van der Waals surface area contributed by atoms with Gasteiger partial charge in [0.1, 0.15) is 11.6 Å². The number of fused-ring (bicyclic) bond motifs is 1. The number of nitrogens with zero attached hydrogens (tertiary/aromatic N) is 2. The highest BCUT2D eigenvalue weighted by Gasteiger charge is 2.19. The Hall–Kier alpha value is -1.64. The molecule has 1 N–H and O–H groups in total. The van der Waals surface area contributed by atoms with Gasteiger partial charge in [-0.2, -0.15) is 0 Å². The number of rotatable bonds is 2. The van der Waals surface area contributed by atoms with Crippen molar-refractivity contribution in [3.63, 3.8) is 0 Å². The molecule has 1 saturated carbocycles. The van der Waals surface area contributed by atoms with E-state index in [1.807, 2.05) is 13.0 Å². The minimum absolute atomic E-state index is 0.564. The zero-order valence-electron chi connectivity index (χ0n) is 11.7. The molecule has 3 heteroatoms. The molecule has 1 aliphatic carbocycles. The van der Waals surface area contributed by atoms with Gasteiger partial charge in [0.2, 0.25) is 0 Å². The van der Waals surface area contributed by atoms with Gasteiger partial charge in [0.25, 0.3) is 0 Å². The van der Waals surface area contributed by atoms with Crippen LogP contribution in [0, 0.1) is 12.8 Å². The third-order valence-electron chi connectivity index (χ3n) is 4.07. The molecule has 0 aliphatic heterocycles. The molecule has 0 amide bonds. The van der Waals surface area contributed by atoms with E-state index in [2.05, 4.69) is 40.4 Å². The van der Waals surface area contributed by atoms with E-state index < -0.39 is 0 Å². The summed E-state index contributed by atoms with van der Waals surface area (Å²) in [6.45, 7) is 4.31. The Morgan fingerprint density at radius 1 is 1.05 bits per heavy atom. The molecular formula is C16H21N3. The molecule has 2 aromatic rings. The van der Waals surface area contributed by atoms with Crippen LogP contribution < -0.4 is 5.32 Å². The van der Waals surface area contributed by atoms with Crippen LogP contribution in [0.3, 0.4) is 0 Å². The van der Waals surface area contributed by atoms with Gasteiger partial charge in [-0.25, -0.2) is 9.97 Å². The first kappa shape index (κ1) is 12.4. The van der Waals surface area contributed by atoms with Crippen molar-refractivity contribution in [2.45, 2.75) is 45.6 Å². The lowest BCUT2D eigenvalue weighted by molar-refractivity contribution is 0.361. The number of anilines is 1. The maximum Gasteiger partial charge on any atom is 0.137 e.